The van der Waals surface area contributed by atoms with E-state index >= 15 is 0 Å². The number of para-hydroxylation sites is 2. The molecule has 3 aromatic heterocycles. The summed E-state index contributed by atoms with van der Waals surface area (Å²) < 4.78 is 4.76. The van der Waals surface area contributed by atoms with Gasteiger partial charge in [0.1, 0.15) is 0 Å². The first-order chi connectivity index (χ1) is 32.7. The van der Waals surface area contributed by atoms with E-state index in [0.29, 0.717) is 17.5 Å². The third kappa shape index (κ3) is 6.28. The molecule has 13 rings (SSSR count). The fraction of sp³-hybridized carbons (Fsp3) is 0. The van der Waals surface area contributed by atoms with Gasteiger partial charge in [-0.25, -0.2) is 15.0 Å². The summed E-state index contributed by atoms with van der Waals surface area (Å²) in [6.45, 7) is 0. The lowest BCUT2D eigenvalue weighted by Crippen LogP contribution is -2.01. The Labute approximate surface area is 381 Å². The molecule has 0 saturated heterocycles. The van der Waals surface area contributed by atoms with E-state index in [1.165, 1.54) is 65.6 Å². The Hall–Kier alpha value is -8.93. The largest absolute Gasteiger partial charge is 0.309 e. The van der Waals surface area contributed by atoms with Crippen LogP contribution in [0, 0.1) is 0 Å². The van der Waals surface area contributed by atoms with Crippen molar-refractivity contribution in [3.8, 4) is 67.8 Å². The van der Waals surface area contributed by atoms with Crippen molar-refractivity contribution in [1.29, 1.82) is 0 Å². The van der Waals surface area contributed by atoms with Crippen LogP contribution >= 0.6 is 0 Å². The molecule has 5 nitrogen and oxygen atoms in total. The predicted molar refractivity (Wildman–Crippen MR) is 273 cm³/mol. The van der Waals surface area contributed by atoms with Crippen molar-refractivity contribution in [2.75, 3.05) is 0 Å². The molecule has 0 fully saturated rings. The van der Waals surface area contributed by atoms with Crippen molar-refractivity contribution >= 4 is 54.4 Å². The molecule has 0 aliphatic rings. The second-order valence-electron chi connectivity index (χ2n) is 16.8. The molecule has 308 valence electrons. The SMILES string of the molecule is c1ccc(-c2nc(-c3ccccc3)nc(-c3cccc(-n4c5ccccc5c5cc(-c6ccc7c(c6)c6ccccc6n7-c6ccc(-c7cccc8ccccc78)cc6)ccc54)c3)n2)cc1. The van der Waals surface area contributed by atoms with Gasteiger partial charge in [0.05, 0.1) is 22.1 Å². The van der Waals surface area contributed by atoms with Crippen LogP contribution in [0.4, 0.5) is 0 Å². The van der Waals surface area contributed by atoms with Crippen LogP contribution in [0.15, 0.2) is 237 Å². The minimum atomic E-state index is 0.627. The number of hydrogen-bond acceptors (Lipinski definition) is 3. The van der Waals surface area contributed by atoms with Crippen LogP contribution in [0.2, 0.25) is 0 Å². The third-order valence-electron chi connectivity index (χ3n) is 13.0. The summed E-state index contributed by atoms with van der Waals surface area (Å²) >= 11 is 0. The summed E-state index contributed by atoms with van der Waals surface area (Å²) in [6, 6.07) is 84.2. The first kappa shape index (κ1) is 37.6. The molecular weight excluding hydrogens is 803 g/mol. The molecule has 0 bridgehead atoms. The molecule has 10 aromatic carbocycles. The monoisotopic (exact) mass is 841 g/mol. The normalized spacial score (nSPS) is 11.6. The van der Waals surface area contributed by atoms with E-state index in [2.05, 4.69) is 185 Å². The smallest absolute Gasteiger partial charge is 0.164 e. The van der Waals surface area contributed by atoms with Crippen molar-refractivity contribution < 1.29 is 0 Å². The lowest BCUT2D eigenvalue weighted by Gasteiger charge is -2.12. The van der Waals surface area contributed by atoms with Gasteiger partial charge < -0.3 is 9.13 Å². The number of aromatic nitrogens is 5. The van der Waals surface area contributed by atoms with Crippen molar-refractivity contribution in [3.63, 3.8) is 0 Å². The highest BCUT2D eigenvalue weighted by Gasteiger charge is 2.18. The molecular formula is C61H39N5. The molecule has 0 aliphatic heterocycles. The van der Waals surface area contributed by atoms with E-state index in [-0.39, 0.29) is 0 Å². The lowest BCUT2D eigenvalue weighted by atomic mass is 9.98. The van der Waals surface area contributed by atoms with Gasteiger partial charge in [0.15, 0.2) is 17.5 Å². The zero-order chi connectivity index (χ0) is 43.6. The molecule has 13 aromatic rings. The number of fused-ring (bicyclic) bond motifs is 7. The molecule has 0 unspecified atom stereocenters. The minimum Gasteiger partial charge on any atom is -0.309 e. The predicted octanol–water partition coefficient (Wildman–Crippen LogP) is 15.6. The Morgan fingerprint density at radius 3 is 1.29 bits per heavy atom. The second-order valence-corrected chi connectivity index (χ2v) is 16.8. The molecule has 0 saturated carbocycles. The zero-order valence-electron chi connectivity index (χ0n) is 35.8. The fourth-order valence-corrected chi connectivity index (χ4v) is 9.85. The number of hydrogen-bond donors (Lipinski definition) is 0. The lowest BCUT2D eigenvalue weighted by molar-refractivity contribution is 1.07. The van der Waals surface area contributed by atoms with Crippen LogP contribution in [-0.2, 0) is 0 Å². The van der Waals surface area contributed by atoms with Crippen LogP contribution in [0.1, 0.15) is 0 Å². The van der Waals surface area contributed by atoms with Crippen LogP contribution in [0.3, 0.4) is 0 Å². The highest BCUT2D eigenvalue weighted by Crippen LogP contribution is 2.39. The van der Waals surface area contributed by atoms with Gasteiger partial charge in [0.25, 0.3) is 0 Å². The standard InChI is InChI=1S/C61H39N5/c1-3-16-42(17-4-1)59-62-60(43-18-5-2-6-19-43)64-61(63-59)46-21-13-22-48(37-46)66-56-28-12-10-25-52(56)54-39-45(32-36-58(54)66)44-31-35-57-53(38-44)51-24-9-11-27-55(51)65(57)47-33-29-41(30-34-47)50-26-14-20-40-15-7-8-23-49(40)50/h1-39H. The van der Waals surface area contributed by atoms with E-state index < -0.39 is 0 Å². The third-order valence-corrected chi connectivity index (χ3v) is 13.0. The molecule has 5 heteroatoms. The van der Waals surface area contributed by atoms with E-state index in [4.69, 9.17) is 15.0 Å². The fourth-order valence-electron chi connectivity index (χ4n) is 9.85. The maximum Gasteiger partial charge on any atom is 0.164 e. The first-order valence-electron chi connectivity index (χ1n) is 22.3. The van der Waals surface area contributed by atoms with E-state index in [9.17, 15) is 0 Å². The minimum absolute atomic E-state index is 0.627. The first-order valence-corrected chi connectivity index (χ1v) is 22.3. The van der Waals surface area contributed by atoms with Crippen molar-refractivity contribution in [2.24, 2.45) is 0 Å². The van der Waals surface area contributed by atoms with Gasteiger partial charge in [-0.3, -0.25) is 0 Å². The Morgan fingerprint density at radius 1 is 0.242 bits per heavy atom. The Balaban J connectivity index is 0.899. The second kappa shape index (κ2) is 15.4. The molecule has 0 aliphatic carbocycles. The maximum absolute atomic E-state index is 5.04. The van der Waals surface area contributed by atoms with Gasteiger partial charge in [0, 0.05) is 49.6 Å². The summed E-state index contributed by atoms with van der Waals surface area (Å²) in [5.74, 6) is 1.91. The van der Waals surface area contributed by atoms with Crippen LogP contribution < -0.4 is 0 Å². The summed E-state index contributed by atoms with van der Waals surface area (Å²) in [5, 5.41) is 7.36. The quantitative estimate of drug-likeness (QED) is 0.161. The Morgan fingerprint density at radius 2 is 0.682 bits per heavy atom. The average molecular weight is 842 g/mol. The van der Waals surface area contributed by atoms with Crippen molar-refractivity contribution in [3.05, 3.63) is 237 Å². The van der Waals surface area contributed by atoms with E-state index in [0.717, 1.165) is 39.1 Å². The molecule has 0 amide bonds. The topological polar surface area (TPSA) is 48.5 Å². The molecule has 0 atom stereocenters. The number of nitrogens with zero attached hydrogens (tertiary/aromatic N) is 5. The maximum atomic E-state index is 5.04. The zero-order valence-corrected chi connectivity index (χ0v) is 35.8. The van der Waals surface area contributed by atoms with Gasteiger partial charge in [0.2, 0.25) is 0 Å². The average Bonchev–Trinajstić information content (AvgIpc) is 3.91. The molecule has 66 heavy (non-hydrogen) atoms. The highest BCUT2D eigenvalue weighted by molar-refractivity contribution is 6.13. The van der Waals surface area contributed by atoms with Crippen LogP contribution in [0.5, 0.6) is 0 Å². The van der Waals surface area contributed by atoms with Gasteiger partial charge in [-0.2, -0.15) is 0 Å². The van der Waals surface area contributed by atoms with Gasteiger partial charge in [-0.1, -0.05) is 176 Å². The van der Waals surface area contributed by atoms with Gasteiger partial charge in [-0.15, -0.1) is 0 Å². The van der Waals surface area contributed by atoms with Crippen LogP contribution in [-0.4, -0.2) is 24.1 Å². The summed E-state index contributed by atoms with van der Waals surface area (Å²) in [6.07, 6.45) is 0. The van der Waals surface area contributed by atoms with Crippen molar-refractivity contribution in [1.82, 2.24) is 24.1 Å². The Kier molecular flexibility index (Phi) is 8.78. The summed E-state index contributed by atoms with van der Waals surface area (Å²) in [5.41, 5.74) is 14.4. The van der Waals surface area contributed by atoms with Gasteiger partial charge >= 0.3 is 0 Å². The molecule has 0 N–H and O–H groups in total. The highest BCUT2D eigenvalue weighted by atomic mass is 15.0. The van der Waals surface area contributed by atoms with Gasteiger partial charge in [-0.05, 0) is 93.7 Å². The molecule has 3 heterocycles. The van der Waals surface area contributed by atoms with Crippen molar-refractivity contribution in [2.45, 2.75) is 0 Å². The Bertz CT molecular complexity index is 3920. The van der Waals surface area contributed by atoms with E-state index in [1.807, 2.05) is 60.7 Å². The van der Waals surface area contributed by atoms with Crippen LogP contribution in [0.25, 0.3) is 122 Å². The summed E-state index contributed by atoms with van der Waals surface area (Å²) in [4.78, 5) is 15.0. The van der Waals surface area contributed by atoms with E-state index in [1.54, 1.807) is 0 Å². The molecule has 0 radical (unpaired) electrons. The number of benzene rings is 10. The number of rotatable bonds is 7. The molecule has 0 spiro atoms. The summed E-state index contributed by atoms with van der Waals surface area (Å²) in [7, 11) is 0.